The predicted molar refractivity (Wildman–Crippen MR) is 67.9 cm³/mol. The average Bonchev–Trinajstić information content (AvgIpc) is 2.29. The summed E-state index contributed by atoms with van der Waals surface area (Å²) in [5, 5.41) is 0. The van der Waals surface area contributed by atoms with E-state index in [4.69, 9.17) is 0 Å². The summed E-state index contributed by atoms with van der Waals surface area (Å²) in [6.45, 7) is 3.09. The molecule has 0 unspecified atom stereocenters. The second-order valence-corrected chi connectivity index (χ2v) is 6.73. The molecule has 1 aromatic carbocycles. The maximum Gasteiger partial charge on any atom is 0.281 e. The van der Waals surface area contributed by atoms with E-state index in [-0.39, 0.29) is 0 Å². The van der Waals surface area contributed by atoms with Gasteiger partial charge in [0, 0.05) is 27.2 Å². The highest BCUT2D eigenvalue weighted by Gasteiger charge is 2.28. The van der Waals surface area contributed by atoms with Crippen LogP contribution in [-0.2, 0) is 23.2 Å². The average molecular weight is 254 g/mol. The molecule has 0 radical (unpaired) electrons. The number of fused-ring (bicyclic) bond motifs is 1. The molecule has 0 saturated carbocycles. The lowest BCUT2D eigenvalue weighted by Crippen LogP contribution is -2.42. The van der Waals surface area contributed by atoms with Crippen LogP contribution in [0.4, 0.5) is 0 Å². The van der Waals surface area contributed by atoms with Crippen molar-refractivity contribution in [1.29, 1.82) is 0 Å². The zero-order valence-corrected chi connectivity index (χ0v) is 11.3. The number of rotatable bonds is 2. The van der Waals surface area contributed by atoms with Crippen molar-refractivity contribution in [2.24, 2.45) is 0 Å². The van der Waals surface area contributed by atoms with Gasteiger partial charge in [0.1, 0.15) is 0 Å². The number of benzene rings is 1. The first-order valence-corrected chi connectivity index (χ1v) is 7.07. The van der Waals surface area contributed by atoms with Crippen molar-refractivity contribution in [2.75, 3.05) is 20.6 Å². The van der Waals surface area contributed by atoms with E-state index in [2.05, 4.69) is 6.07 Å². The highest BCUT2D eigenvalue weighted by molar-refractivity contribution is 7.86. The number of nitrogens with zero attached hydrogens (tertiary/aromatic N) is 2. The second kappa shape index (κ2) is 4.40. The molecular formula is C12H18N2O2S. The number of aryl methyl sites for hydroxylation is 1. The third-order valence-corrected chi connectivity index (χ3v) is 5.15. The van der Waals surface area contributed by atoms with Crippen LogP contribution in [-0.4, -0.2) is 37.7 Å². The van der Waals surface area contributed by atoms with E-state index in [1.165, 1.54) is 15.4 Å². The van der Waals surface area contributed by atoms with Crippen LogP contribution in [0.3, 0.4) is 0 Å². The fourth-order valence-electron chi connectivity index (χ4n) is 2.15. The molecule has 1 aromatic rings. The van der Waals surface area contributed by atoms with Crippen LogP contribution in [0, 0.1) is 6.92 Å². The zero-order valence-electron chi connectivity index (χ0n) is 10.5. The van der Waals surface area contributed by atoms with Gasteiger partial charge in [-0.15, -0.1) is 0 Å². The van der Waals surface area contributed by atoms with Crippen LogP contribution in [0.2, 0.25) is 0 Å². The lowest BCUT2D eigenvalue weighted by atomic mass is 9.97. The molecule has 0 bridgehead atoms. The fraction of sp³-hybridized carbons (Fsp3) is 0.500. The molecule has 0 fully saturated rings. The molecule has 2 rings (SSSR count). The van der Waals surface area contributed by atoms with Gasteiger partial charge in [-0.3, -0.25) is 0 Å². The Morgan fingerprint density at radius 1 is 1.29 bits per heavy atom. The van der Waals surface area contributed by atoms with Crippen molar-refractivity contribution < 1.29 is 8.42 Å². The molecule has 0 saturated heterocycles. The van der Waals surface area contributed by atoms with Crippen molar-refractivity contribution in [2.45, 2.75) is 19.9 Å². The molecule has 0 amide bonds. The molecule has 5 heteroatoms. The van der Waals surface area contributed by atoms with Gasteiger partial charge in [-0.1, -0.05) is 18.2 Å². The Balaban J connectivity index is 2.34. The Hall–Kier alpha value is -0.910. The van der Waals surface area contributed by atoms with Gasteiger partial charge in [0.2, 0.25) is 0 Å². The van der Waals surface area contributed by atoms with Crippen LogP contribution in [0.1, 0.15) is 16.7 Å². The first-order chi connectivity index (χ1) is 7.93. The summed E-state index contributed by atoms with van der Waals surface area (Å²) in [7, 11) is -0.149. The monoisotopic (exact) mass is 254 g/mol. The molecule has 0 atom stereocenters. The number of hydrogen-bond acceptors (Lipinski definition) is 2. The topological polar surface area (TPSA) is 40.6 Å². The van der Waals surface area contributed by atoms with Gasteiger partial charge in [-0.25, -0.2) is 0 Å². The standard InChI is InChI=1S/C12H18N2O2S/c1-10-5-4-6-11-7-8-14(9-12(10)11)17(15,16)13(2)3/h4-6H,7-9H2,1-3H3. The highest BCUT2D eigenvalue weighted by atomic mass is 32.2. The van der Waals surface area contributed by atoms with Crippen molar-refractivity contribution in [1.82, 2.24) is 8.61 Å². The third kappa shape index (κ3) is 2.22. The van der Waals surface area contributed by atoms with Crippen molar-refractivity contribution in [3.05, 3.63) is 34.9 Å². The van der Waals surface area contributed by atoms with Gasteiger partial charge in [0.15, 0.2) is 0 Å². The minimum absolute atomic E-state index is 0.489. The Morgan fingerprint density at radius 2 is 2.00 bits per heavy atom. The van der Waals surface area contributed by atoms with E-state index >= 15 is 0 Å². The van der Waals surface area contributed by atoms with Crippen LogP contribution < -0.4 is 0 Å². The quantitative estimate of drug-likeness (QED) is 0.794. The lowest BCUT2D eigenvalue weighted by Gasteiger charge is -2.31. The molecule has 1 aliphatic heterocycles. The zero-order chi connectivity index (χ0) is 12.6. The van der Waals surface area contributed by atoms with Crippen LogP contribution >= 0.6 is 0 Å². The molecule has 4 nitrogen and oxygen atoms in total. The van der Waals surface area contributed by atoms with Crippen LogP contribution in [0.5, 0.6) is 0 Å². The Morgan fingerprint density at radius 3 is 2.65 bits per heavy atom. The summed E-state index contributed by atoms with van der Waals surface area (Å²) in [5.41, 5.74) is 3.60. The van der Waals surface area contributed by atoms with Gasteiger partial charge in [-0.05, 0) is 30.0 Å². The Labute approximate surface area is 103 Å². The molecule has 0 spiro atoms. The summed E-state index contributed by atoms with van der Waals surface area (Å²) in [5.74, 6) is 0. The van der Waals surface area contributed by atoms with E-state index in [9.17, 15) is 8.42 Å². The largest absolute Gasteiger partial charge is 0.281 e. The molecule has 17 heavy (non-hydrogen) atoms. The molecule has 0 aromatic heterocycles. The van der Waals surface area contributed by atoms with E-state index in [0.29, 0.717) is 13.1 Å². The maximum atomic E-state index is 12.1. The summed E-state index contributed by atoms with van der Waals surface area (Å²) >= 11 is 0. The van der Waals surface area contributed by atoms with E-state index < -0.39 is 10.2 Å². The molecule has 1 heterocycles. The van der Waals surface area contributed by atoms with E-state index in [1.807, 2.05) is 19.1 Å². The summed E-state index contributed by atoms with van der Waals surface area (Å²) < 4.78 is 26.9. The second-order valence-electron chi connectivity index (χ2n) is 4.59. The lowest BCUT2D eigenvalue weighted by molar-refractivity contribution is 0.358. The normalized spacial score (nSPS) is 17.2. The maximum absolute atomic E-state index is 12.1. The minimum Gasteiger partial charge on any atom is -0.195 e. The first-order valence-electron chi connectivity index (χ1n) is 5.68. The fourth-order valence-corrected chi connectivity index (χ4v) is 3.23. The molecule has 94 valence electrons. The van der Waals surface area contributed by atoms with Gasteiger partial charge in [0.05, 0.1) is 0 Å². The summed E-state index contributed by atoms with van der Waals surface area (Å²) in [6, 6.07) is 6.15. The van der Waals surface area contributed by atoms with Gasteiger partial charge < -0.3 is 0 Å². The summed E-state index contributed by atoms with van der Waals surface area (Å²) in [6.07, 6.45) is 0.796. The van der Waals surface area contributed by atoms with Crippen molar-refractivity contribution in [3.8, 4) is 0 Å². The molecule has 0 N–H and O–H groups in total. The SMILES string of the molecule is Cc1cccc2c1CN(S(=O)(=O)N(C)C)CC2. The molecular weight excluding hydrogens is 236 g/mol. The Kier molecular flexibility index (Phi) is 3.25. The minimum atomic E-state index is -3.29. The first kappa shape index (κ1) is 12.5. The van der Waals surface area contributed by atoms with Crippen molar-refractivity contribution >= 4 is 10.2 Å². The van der Waals surface area contributed by atoms with Crippen LogP contribution in [0.15, 0.2) is 18.2 Å². The predicted octanol–water partition coefficient (Wildman–Crippen LogP) is 1.16. The smallest absolute Gasteiger partial charge is 0.195 e. The van der Waals surface area contributed by atoms with Crippen LogP contribution in [0.25, 0.3) is 0 Å². The van der Waals surface area contributed by atoms with E-state index in [0.717, 1.165) is 12.0 Å². The highest BCUT2D eigenvalue weighted by Crippen LogP contribution is 2.24. The summed E-state index contributed by atoms with van der Waals surface area (Å²) in [4.78, 5) is 0. The van der Waals surface area contributed by atoms with E-state index in [1.54, 1.807) is 18.4 Å². The Bertz CT molecular complexity index is 523. The molecule has 0 aliphatic carbocycles. The molecule has 1 aliphatic rings. The van der Waals surface area contributed by atoms with Gasteiger partial charge >= 0.3 is 0 Å². The van der Waals surface area contributed by atoms with Crippen molar-refractivity contribution in [3.63, 3.8) is 0 Å². The third-order valence-electron chi connectivity index (χ3n) is 3.26. The number of hydrogen-bond donors (Lipinski definition) is 0. The van der Waals surface area contributed by atoms with Gasteiger partial charge in [0.25, 0.3) is 10.2 Å². The van der Waals surface area contributed by atoms with Gasteiger partial charge in [-0.2, -0.15) is 17.0 Å².